The topological polar surface area (TPSA) is 126 Å². The summed E-state index contributed by atoms with van der Waals surface area (Å²) in [6, 6.07) is 0.738. The molecule has 1 amide bonds. The summed E-state index contributed by atoms with van der Waals surface area (Å²) in [7, 11) is 0. The second kappa shape index (κ2) is 8.58. The molecule has 2 N–H and O–H groups in total. The summed E-state index contributed by atoms with van der Waals surface area (Å²) in [5.74, 6) is 2.10. The highest BCUT2D eigenvalue weighted by atomic mass is 16.5. The molecule has 4 heterocycles. The van der Waals surface area contributed by atoms with Gasteiger partial charge in [0.1, 0.15) is 0 Å². The van der Waals surface area contributed by atoms with E-state index in [1.54, 1.807) is 12.4 Å². The van der Waals surface area contributed by atoms with Gasteiger partial charge in [-0.25, -0.2) is 9.97 Å². The number of anilines is 3. The number of nitrogens with zero attached hydrogens (tertiary/aromatic N) is 8. The number of hydrogen-bond acceptors (Lipinski definition) is 10. The van der Waals surface area contributed by atoms with Gasteiger partial charge in [-0.15, -0.1) is 0 Å². The number of carbonyl (C=O) groups excluding carboxylic acids is 1. The number of nitrogens with two attached hydrogens (primary N) is 1. The third-order valence-corrected chi connectivity index (χ3v) is 6.05. The Balaban J connectivity index is 1.51. The molecule has 2 aromatic heterocycles. The first kappa shape index (κ1) is 19.9. The molecule has 2 aromatic rings. The van der Waals surface area contributed by atoms with Gasteiger partial charge in [-0.05, 0) is 25.7 Å². The maximum atomic E-state index is 11.1. The number of piperidine rings is 1. The molecule has 2 aliphatic heterocycles. The van der Waals surface area contributed by atoms with E-state index in [2.05, 4.69) is 19.8 Å². The molecule has 5 rings (SSSR count). The van der Waals surface area contributed by atoms with E-state index >= 15 is 0 Å². The smallest absolute Gasteiger partial charge is 0.231 e. The van der Waals surface area contributed by atoms with Gasteiger partial charge in [0.05, 0.1) is 18.8 Å². The molecule has 1 aliphatic carbocycles. The van der Waals surface area contributed by atoms with E-state index in [1.807, 2.05) is 4.90 Å². The number of nitrogen functional groups attached to an aromatic ring is 1. The van der Waals surface area contributed by atoms with Crippen molar-refractivity contribution in [2.24, 2.45) is 0 Å². The van der Waals surface area contributed by atoms with Gasteiger partial charge in [0.25, 0.3) is 0 Å². The number of amides is 1. The Bertz CT molecular complexity index is 907. The van der Waals surface area contributed by atoms with Gasteiger partial charge in [-0.2, -0.15) is 15.0 Å². The summed E-state index contributed by atoms with van der Waals surface area (Å²) < 4.78 is 5.50. The van der Waals surface area contributed by atoms with Crippen molar-refractivity contribution in [1.29, 1.82) is 0 Å². The number of morpholine rings is 1. The quantitative estimate of drug-likeness (QED) is 0.647. The summed E-state index contributed by atoms with van der Waals surface area (Å²) in [5, 5.41) is 0. The first-order chi connectivity index (χ1) is 15.2. The molecule has 0 unspecified atom stereocenters. The minimum Gasteiger partial charge on any atom is -0.378 e. The van der Waals surface area contributed by atoms with Crippen LogP contribution in [0.15, 0.2) is 12.4 Å². The van der Waals surface area contributed by atoms with Crippen LogP contribution >= 0.6 is 0 Å². The predicted molar refractivity (Wildman–Crippen MR) is 114 cm³/mol. The lowest BCUT2D eigenvalue weighted by Crippen LogP contribution is -2.46. The molecule has 11 heteroatoms. The van der Waals surface area contributed by atoms with E-state index in [0.717, 1.165) is 58.3 Å². The van der Waals surface area contributed by atoms with Crippen molar-refractivity contribution in [3.8, 4) is 11.4 Å². The zero-order chi connectivity index (χ0) is 21.2. The van der Waals surface area contributed by atoms with E-state index in [0.29, 0.717) is 48.6 Å². The summed E-state index contributed by atoms with van der Waals surface area (Å²) in [4.78, 5) is 40.2. The molecule has 11 nitrogen and oxygen atoms in total. The minimum absolute atomic E-state index is 0.216. The highest BCUT2D eigenvalue weighted by Gasteiger charge is 2.38. The molecule has 2 saturated heterocycles. The highest BCUT2D eigenvalue weighted by molar-refractivity contribution is 5.58. The van der Waals surface area contributed by atoms with Crippen LogP contribution in [0.1, 0.15) is 25.7 Å². The van der Waals surface area contributed by atoms with E-state index in [9.17, 15) is 4.79 Å². The molecule has 31 heavy (non-hydrogen) atoms. The summed E-state index contributed by atoms with van der Waals surface area (Å²) >= 11 is 0. The lowest BCUT2D eigenvalue weighted by molar-refractivity contribution is -0.119. The van der Waals surface area contributed by atoms with Gasteiger partial charge in [0.15, 0.2) is 5.82 Å². The van der Waals surface area contributed by atoms with Gasteiger partial charge in [0, 0.05) is 50.7 Å². The zero-order valence-electron chi connectivity index (χ0n) is 17.4. The maximum absolute atomic E-state index is 11.1. The molecule has 0 radical (unpaired) electrons. The number of hydrogen-bond donors (Lipinski definition) is 1. The van der Waals surface area contributed by atoms with Crippen molar-refractivity contribution >= 4 is 24.3 Å². The number of likely N-dealkylation sites (tertiary alicyclic amines) is 1. The van der Waals surface area contributed by atoms with Crippen LogP contribution < -0.4 is 15.5 Å². The molecule has 3 fully saturated rings. The molecule has 164 valence electrons. The fourth-order valence-electron chi connectivity index (χ4n) is 4.20. The second-order valence-corrected chi connectivity index (χ2v) is 8.20. The average Bonchev–Trinajstić information content (AvgIpc) is 3.66. The lowest BCUT2D eigenvalue weighted by atomic mass is 10.0. The molecule has 3 aliphatic rings. The lowest BCUT2D eigenvalue weighted by Gasteiger charge is -2.38. The van der Waals surface area contributed by atoms with Crippen molar-refractivity contribution in [3.63, 3.8) is 0 Å². The van der Waals surface area contributed by atoms with Crippen LogP contribution in [0.5, 0.6) is 0 Å². The van der Waals surface area contributed by atoms with E-state index in [1.165, 1.54) is 0 Å². The number of rotatable bonds is 6. The van der Waals surface area contributed by atoms with E-state index in [-0.39, 0.29) is 5.95 Å². The molecular formula is C20H27N9O2. The molecular weight excluding hydrogens is 398 g/mol. The van der Waals surface area contributed by atoms with Crippen LogP contribution in [-0.2, 0) is 9.53 Å². The summed E-state index contributed by atoms with van der Waals surface area (Å²) in [5.41, 5.74) is 6.37. The van der Waals surface area contributed by atoms with Gasteiger partial charge >= 0.3 is 0 Å². The van der Waals surface area contributed by atoms with Crippen molar-refractivity contribution in [1.82, 2.24) is 29.8 Å². The van der Waals surface area contributed by atoms with Crippen molar-refractivity contribution in [3.05, 3.63) is 12.4 Å². The zero-order valence-corrected chi connectivity index (χ0v) is 17.4. The standard InChI is InChI=1S/C20H27N9O2/c21-18-22-11-14(12-23-18)17-24-19(28-7-9-31-10-8-28)26-20(25-17)29(15-1-2-15)16-3-5-27(13-30)6-4-16/h11-13,15-16H,1-10H2,(H2,21,22,23). The molecule has 0 atom stereocenters. The Morgan fingerprint density at radius 3 is 2.29 bits per heavy atom. The van der Waals surface area contributed by atoms with E-state index < -0.39 is 0 Å². The van der Waals surface area contributed by atoms with Crippen LogP contribution in [-0.4, -0.2) is 87.7 Å². The Hall–Kier alpha value is -3.08. The van der Waals surface area contributed by atoms with Crippen LogP contribution in [0.3, 0.4) is 0 Å². The third kappa shape index (κ3) is 4.36. The average molecular weight is 425 g/mol. The van der Waals surface area contributed by atoms with Crippen LogP contribution in [0.4, 0.5) is 17.8 Å². The Kier molecular flexibility index (Phi) is 5.49. The first-order valence-electron chi connectivity index (χ1n) is 10.9. The van der Waals surface area contributed by atoms with E-state index in [4.69, 9.17) is 25.4 Å². The predicted octanol–water partition coefficient (Wildman–Crippen LogP) is 0.337. The SMILES string of the molecule is Nc1ncc(-c2nc(N3CCOCC3)nc(N(C3CC3)C3CCN(C=O)CC3)n2)cn1. The maximum Gasteiger partial charge on any atom is 0.231 e. The van der Waals surface area contributed by atoms with Crippen LogP contribution in [0.25, 0.3) is 11.4 Å². The van der Waals surface area contributed by atoms with Crippen LogP contribution in [0.2, 0.25) is 0 Å². The number of aromatic nitrogens is 5. The molecule has 1 saturated carbocycles. The Labute approximate surface area is 180 Å². The molecule has 0 spiro atoms. The normalized spacial score (nSPS) is 20.0. The molecule has 0 bridgehead atoms. The number of ether oxygens (including phenoxy) is 1. The fraction of sp³-hybridized carbons (Fsp3) is 0.600. The van der Waals surface area contributed by atoms with Crippen molar-refractivity contribution in [2.45, 2.75) is 37.8 Å². The fourth-order valence-corrected chi connectivity index (χ4v) is 4.20. The second-order valence-electron chi connectivity index (χ2n) is 8.20. The Morgan fingerprint density at radius 1 is 0.968 bits per heavy atom. The Morgan fingerprint density at radius 2 is 1.65 bits per heavy atom. The van der Waals surface area contributed by atoms with Gasteiger partial charge < -0.3 is 25.2 Å². The summed E-state index contributed by atoms with van der Waals surface area (Å²) in [6.07, 6.45) is 8.32. The van der Waals surface area contributed by atoms with Gasteiger partial charge in [-0.3, -0.25) is 4.79 Å². The van der Waals surface area contributed by atoms with Crippen molar-refractivity contribution in [2.75, 3.05) is 54.9 Å². The minimum atomic E-state index is 0.216. The van der Waals surface area contributed by atoms with Gasteiger partial charge in [-0.1, -0.05) is 0 Å². The largest absolute Gasteiger partial charge is 0.378 e. The third-order valence-electron chi connectivity index (χ3n) is 6.05. The van der Waals surface area contributed by atoms with Gasteiger partial charge in [0.2, 0.25) is 24.3 Å². The van der Waals surface area contributed by atoms with Crippen molar-refractivity contribution < 1.29 is 9.53 Å². The highest BCUT2D eigenvalue weighted by Crippen LogP contribution is 2.35. The van der Waals surface area contributed by atoms with Crippen LogP contribution in [0, 0.1) is 0 Å². The number of carbonyl (C=O) groups is 1. The molecule has 0 aromatic carbocycles. The monoisotopic (exact) mass is 425 g/mol. The first-order valence-corrected chi connectivity index (χ1v) is 10.9. The summed E-state index contributed by atoms with van der Waals surface area (Å²) in [6.45, 7) is 4.30.